The lowest BCUT2D eigenvalue weighted by Crippen LogP contribution is -2.18. The molecule has 0 aliphatic carbocycles. The van der Waals surface area contributed by atoms with Gasteiger partial charge in [-0.2, -0.15) is 0 Å². The minimum Gasteiger partial charge on any atom is -0.467 e. The Kier molecular flexibility index (Phi) is 2.73. The van der Waals surface area contributed by atoms with E-state index >= 15 is 0 Å². The molecule has 0 saturated carbocycles. The summed E-state index contributed by atoms with van der Waals surface area (Å²) in [6.07, 6.45) is 8.00. The molecule has 1 saturated heterocycles. The minimum atomic E-state index is 0.199. The highest BCUT2D eigenvalue weighted by Gasteiger charge is 2.22. The summed E-state index contributed by atoms with van der Waals surface area (Å²) in [6, 6.07) is 4.58. The first kappa shape index (κ1) is 10.6. The molecular weight excluding hydrogens is 214 g/mol. The van der Waals surface area contributed by atoms with Crippen LogP contribution in [0, 0.1) is 0 Å². The molecule has 17 heavy (non-hydrogen) atoms. The van der Waals surface area contributed by atoms with Crippen molar-refractivity contribution >= 4 is 0 Å². The number of aromatic nitrogens is 2. The highest BCUT2D eigenvalue weighted by atomic mass is 16.3. The van der Waals surface area contributed by atoms with Crippen molar-refractivity contribution in [3.8, 4) is 0 Å². The summed E-state index contributed by atoms with van der Waals surface area (Å²) in [5, 5.41) is 3.51. The molecule has 2 aromatic rings. The molecule has 3 heterocycles. The van der Waals surface area contributed by atoms with E-state index in [4.69, 9.17) is 4.42 Å². The average molecular weight is 231 g/mol. The molecule has 0 bridgehead atoms. The SMILES string of the molecule is CC(c1ccco1)n1cncc1[C@@H]1CCCN1. The molecule has 4 nitrogen and oxygen atoms in total. The molecule has 0 aromatic carbocycles. The van der Waals surface area contributed by atoms with Gasteiger partial charge in [0.2, 0.25) is 0 Å². The number of hydrogen-bond donors (Lipinski definition) is 1. The first-order chi connectivity index (χ1) is 8.36. The van der Waals surface area contributed by atoms with E-state index in [0.717, 1.165) is 12.3 Å². The summed E-state index contributed by atoms with van der Waals surface area (Å²) in [5.74, 6) is 0.974. The summed E-state index contributed by atoms with van der Waals surface area (Å²) in [4.78, 5) is 4.28. The summed E-state index contributed by atoms with van der Waals surface area (Å²) in [5.41, 5.74) is 1.26. The van der Waals surface area contributed by atoms with E-state index in [1.165, 1.54) is 18.5 Å². The van der Waals surface area contributed by atoms with Crippen molar-refractivity contribution in [2.75, 3.05) is 6.54 Å². The maximum absolute atomic E-state index is 5.47. The largest absolute Gasteiger partial charge is 0.467 e. The van der Waals surface area contributed by atoms with Gasteiger partial charge in [-0.15, -0.1) is 0 Å². The van der Waals surface area contributed by atoms with Gasteiger partial charge in [-0.3, -0.25) is 0 Å². The van der Waals surface area contributed by atoms with Crippen molar-refractivity contribution < 1.29 is 4.42 Å². The average Bonchev–Trinajstić information content (AvgIpc) is 3.09. The van der Waals surface area contributed by atoms with Crippen LogP contribution in [0.5, 0.6) is 0 Å². The lowest BCUT2D eigenvalue weighted by atomic mass is 10.1. The van der Waals surface area contributed by atoms with Gasteiger partial charge >= 0.3 is 0 Å². The predicted octanol–water partition coefficient (Wildman–Crippen LogP) is 2.51. The van der Waals surface area contributed by atoms with Crippen LogP contribution >= 0.6 is 0 Å². The molecule has 1 aliphatic rings. The van der Waals surface area contributed by atoms with Gasteiger partial charge in [-0.25, -0.2) is 4.98 Å². The molecule has 0 spiro atoms. The summed E-state index contributed by atoms with van der Waals surface area (Å²) in [7, 11) is 0. The van der Waals surface area contributed by atoms with Crippen molar-refractivity contribution in [1.82, 2.24) is 14.9 Å². The zero-order valence-corrected chi connectivity index (χ0v) is 9.97. The third-order valence-corrected chi connectivity index (χ3v) is 3.49. The fourth-order valence-electron chi connectivity index (χ4n) is 2.51. The molecule has 2 aromatic heterocycles. The van der Waals surface area contributed by atoms with E-state index in [-0.39, 0.29) is 6.04 Å². The van der Waals surface area contributed by atoms with E-state index in [2.05, 4.69) is 21.8 Å². The van der Waals surface area contributed by atoms with Crippen LogP contribution in [0.25, 0.3) is 0 Å². The maximum atomic E-state index is 5.47. The normalized spacial score (nSPS) is 21.8. The van der Waals surface area contributed by atoms with Crippen LogP contribution in [0.1, 0.15) is 43.3 Å². The predicted molar refractivity (Wildman–Crippen MR) is 64.7 cm³/mol. The first-order valence-corrected chi connectivity index (χ1v) is 6.15. The van der Waals surface area contributed by atoms with Gasteiger partial charge in [0.15, 0.2) is 0 Å². The molecular formula is C13H17N3O. The maximum Gasteiger partial charge on any atom is 0.126 e. The Morgan fingerprint density at radius 3 is 3.24 bits per heavy atom. The van der Waals surface area contributed by atoms with E-state index in [1.54, 1.807) is 6.26 Å². The van der Waals surface area contributed by atoms with Crippen LogP contribution in [0.15, 0.2) is 35.3 Å². The molecule has 2 atom stereocenters. The van der Waals surface area contributed by atoms with Crippen molar-refractivity contribution in [3.05, 3.63) is 42.4 Å². The molecule has 1 N–H and O–H groups in total. The van der Waals surface area contributed by atoms with Gasteiger partial charge in [0.25, 0.3) is 0 Å². The topological polar surface area (TPSA) is 43.0 Å². The van der Waals surface area contributed by atoms with Crippen molar-refractivity contribution in [2.45, 2.75) is 31.8 Å². The van der Waals surface area contributed by atoms with Gasteiger partial charge < -0.3 is 14.3 Å². The van der Waals surface area contributed by atoms with Crippen LogP contribution in [-0.4, -0.2) is 16.1 Å². The van der Waals surface area contributed by atoms with Crippen molar-refractivity contribution in [3.63, 3.8) is 0 Å². The smallest absolute Gasteiger partial charge is 0.126 e. The summed E-state index contributed by atoms with van der Waals surface area (Å²) >= 11 is 0. The quantitative estimate of drug-likeness (QED) is 0.882. The van der Waals surface area contributed by atoms with Gasteiger partial charge in [0.05, 0.1) is 24.3 Å². The molecule has 1 aliphatic heterocycles. The fraction of sp³-hybridized carbons (Fsp3) is 0.462. The van der Waals surface area contributed by atoms with Crippen molar-refractivity contribution in [1.29, 1.82) is 0 Å². The highest BCUT2D eigenvalue weighted by Crippen LogP contribution is 2.27. The Bertz CT molecular complexity index is 469. The third-order valence-electron chi connectivity index (χ3n) is 3.49. The standard InChI is InChI=1S/C13H17N3O/c1-10(13-5-3-7-17-13)16-9-14-8-12(16)11-4-2-6-15-11/h3,5,7-11,15H,2,4,6H2,1H3/t10?,11-/m0/s1. The Morgan fingerprint density at radius 2 is 2.53 bits per heavy atom. The van der Waals surface area contributed by atoms with E-state index < -0.39 is 0 Å². The monoisotopic (exact) mass is 231 g/mol. The number of nitrogens with one attached hydrogen (secondary N) is 1. The fourth-order valence-corrected chi connectivity index (χ4v) is 2.51. The summed E-state index contributed by atoms with van der Waals surface area (Å²) in [6.45, 7) is 3.24. The van der Waals surface area contributed by atoms with Crippen LogP contribution in [-0.2, 0) is 0 Å². The Labute approximate surface area is 101 Å². The van der Waals surface area contributed by atoms with Crippen LogP contribution < -0.4 is 5.32 Å². The highest BCUT2D eigenvalue weighted by molar-refractivity contribution is 5.13. The van der Waals surface area contributed by atoms with Gasteiger partial charge in [-0.1, -0.05) is 0 Å². The van der Waals surface area contributed by atoms with E-state index in [0.29, 0.717) is 6.04 Å². The van der Waals surface area contributed by atoms with Crippen LogP contribution in [0.3, 0.4) is 0 Å². The zero-order chi connectivity index (χ0) is 11.7. The summed E-state index contributed by atoms with van der Waals surface area (Å²) < 4.78 is 7.66. The zero-order valence-electron chi connectivity index (χ0n) is 9.97. The van der Waals surface area contributed by atoms with E-state index in [1.807, 2.05) is 24.7 Å². The Balaban J connectivity index is 1.90. The van der Waals surface area contributed by atoms with Crippen LogP contribution in [0.2, 0.25) is 0 Å². The first-order valence-electron chi connectivity index (χ1n) is 6.15. The molecule has 1 unspecified atom stereocenters. The van der Waals surface area contributed by atoms with Gasteiger partial charge in [0, 0.05) is 12.2 Å². The second-order valence-corrected chi connectivity index (χ2v) is 4.57. The Hall–Kier alpha value is -1.55. The van der Waals surface area contributed by atoms with Crippen LogP contribution in [0.4, 0.5) is 0 Å². The molecule has 0 amide bonds. The second kappa shape index (κ2) is 4.37. The number of nitrogens with zero attached hydrogens (tertiary/aromatic N) is 2. The molecule has 1 fully saturated rings. The second-order valence-electron chi connectivity index (χ2n) is 4.57. The molecule has 3 rings (SSSR count). The number of imidazole rings is 1. The lowest BCUT2D eigenvalue weighted by molar-refractivity contribution is 0.430. The Morgan fingerprint density at radius 1 is 1.59 bits per heavy atom. The molecule has 90 valence electrons. The van der Waals surface area contributed by atoms with E-state index in [9.17, 15) is 0 Å². The third kappa shape index (κ3) is 1.89. The van der Waals surface area contributed by atoms with Gasteiger partial charge in [0.1, 0.15) is 5.76 Å². The number of furan rings is 1. The lowest BCUT2D eigenvalue weighted by Gasteiger charge is -2.18. The molecule has 0 radical (unpaired) electrons. The molecule has 4 heteroatoms. The van der Waals surface area contributed by atoms with Gasteiger partial charge in [-0.05, 0) is 38.4 Å². The van der Waals surface area contributed by atoms with Crippen molar-refractivity contribution in [2.24, 2.45) is 0 Å². The number of rotatable bonds is 3. The number of hydrogen-bond acceptors (Lipinski definition) is 3. The minimum absolute atomic E-state index is 0.199.